The van der Waals surface area contributed by atoms with Crippen LogP contribution in [0, 0.1) is 0 Å². The molecule has 1 fully saturated rings. The van der Waals surface area contributed by atoms with E-state index in [0.717, 1.165) is 17.5 Å². The number of hydrogen-bond donors (Lipinski definition) is 1. The second-order valence-corrected chi connectivity index (χ2v) is 7.30. The van der Waals surface area contributed by atoms with Crippen molar-refractivity contribution < 1.29 is 19.4 Å². The third-order valence-electron chi connectivity index (χ3n) is 5.54. The van der Waals surface area contributed by atoms with Gasteiger partial charge < -0.3 is 9.84 Å². The molecule has 1 amide bonds. The van der Waals surface area contributed by atoms with Crippen LogP contribution in [0.5, 0.6) is 5.75 Å². The van der Waals surface area contributed by atoms with E-state index in [0.29, 0.717) is 17.0 Å². The first-order valence-corrected chi connectivity index (χ1v) is 10.1. The van der Waals surface area contributed by atoms with E-state index in [2.05, 4.69) is 0 Å². The Morgan fingerprint density at radius 1 is 0.935 bits per heavy atom. The van der Waals surface area contributed by atoms with Crippen molar-refractivity contribution in [1.82, 2.24) is 0 Å². The number of anilines is 1. The van der Waals surface area contributed by atoms with E-state index >= 15 is 0 Å². The fourth-order valence-corrected chi connectivity index (χ4v) is 3.91. The number of rotatable bonds is 5. The largest absolute Gasteiger partial charge is 0.507 e. The number of ether oxygens (including phenoxy) is 1. The van der Waals surface area contributed by atoms with E-state index in [4.69, 9.17) is 4.74 Å². The third-order valence-corrected chi connectivity index (χ3v) is 5.54. The monoisotopic (exact) mass is 413 g/mol. The summed E-state index contributed by atoms with van der Waals surface area (Å²) >= 11 is 0. The number of amides is 1. The maximum absolute atomic E-state index is 13.2. The Hall–Kier alpha value is -3.86. The molecule has 4 rings (SSSR count). The van der Waals surface area contributed by atoms with Crippen LogP contribution in [0.3, 0.4) is 0 Å². The highest BCUT2D eigenvalue weighted by atomic mass is 16.5. The molecule has 3 aromatic rings. The summed E-state index contributed by atoms with van der Waals surface area (Å²) < 4.78 is 5.45. The van der Waals surface area contributed by atoms with E-state index in [1.54, 1.807) is 36.4 Å². The van der Waals surface area contributed by atoms with Gasteiger partial charge in [0.1, 0.15) is 11.5 Å². The van der Waals surface area contributed by atoms with Gasteiger partial charge in [0.2, 0.25) is 0 Å². The van der Waals surface area contributed by atoms with Gasteiger partial charge in [-0.1, -0.05) is 73.7 Å². The van der Waals surface area contributed by atoms with Crippen LogP contribution < -0.4 is 9.64 Å². The van der Waals surface area contributed by atoms with Crippen LogP contribution >= 0.6 is 0 Å². The summed E-state index contributed by atoms with van der Waals surface area (Å²) in [4.78, 5) is 27.7. The second-order valence-electron chi connectivity index (χ2n) is 7.30. The number of benzene rings is 3. The van der Waals surface area contributed by atoms with Gasteiger partial charge in [0.05, 0.1) is 24.4 Å². The molecule has 1 heterocycles. The Morgan fingerprint density at radius 2 is 1.58 bits per heavy atom. The average molecular weight is 413 g/mol. The van der Waals surface area contributed by atoms with Crippen LogP contribution in [-0.4, -0.2) is 23.9 Å². The molecule has 0 aromatic heterocycles. The highest BCUT2D eigenvalue weighted by molar-refractivity contribution is 6.51. The minimum atomic E-state index is -0.775. The van der Waals surface area contributed by atoms with Crippen molar-refractivity contribution in [3.8, 4) is 5.75 Å². The molecular weight excluding hydrogens is 390 g/mol. The first kappa shape index (κ1) is 20.4. The molecule has 0 radical (unpaired) electrons. The SMILES string of the molecule is CCc1ccc(/C(O)=C2\C(=O)C(=O)N(c3ccccc3OC)C2c2ccccc2)cc1. The predicted octanol–water partition coefficient (Wildman–Crippen LogP) is 4.88. The van der Waals surface area contributed by atoms with E-state index in [-0.39, 0.29) is 11.3 Å². The summed E-state index contributed by atoms with van der Waals surface area (Å²) in [6.45, 7) is 2.04. The lowest BCUT2D eigenvalue weighted by Gasteiger charge is -2.26. The molecular formula is C26H23NO4. The van der Waals surface area contributed by atoms with Crippen LogP contribution in [0.4, 0.5) is 5.69 Å². The van der Waals surface area contributed by atoms with Crippen molar-refractivity contribution in [2.75, 3.05) is 12.0 Å². The van der Waals surface area contributed by atoms with Crippen molar-refractivity contribution in [3.05, 3.63) is 101 Å². The van der Waals surface area contributed by atoms with Crippen molar-refractivity contribution in [1.29, 1.82) is 0 Å². The fraction of sp³-hybridized carbons (Fsp3) is 0.154. The smallest absolute Gasteiger partial charge is 0.300 e. The number of hydrogen-bond acceptors (Lipinski definition) is 4. The lowest BCUT2D eigenvalue weighted by Crippen LogP contribution is -2.29. The number of nitrogens with zero attached hydrogens (tertiary/aromatic N) is 1. The molecule has 1 saturated heterocycles. The minimum absolute atomic E-state index is 0.0614. The molecule has 0 saturated carbocycles. The Bertz CT molecular complexity index is 1150. The van der Waals surface area contributed by atoms with Gasteiger partial charge in [-0.15, -0.1) is 0 Å². The van der Waals surface area contributed by atoms with Crippen LogP contribution in [0.1, 0.15) is 29.7 Å². The number of para-hydroxylation sites is 2. The number of aliphatic hydroxyl groups is 1. The quantitative estimate of drug-likeness (QED) is 0.368. The fourth-order valence-electron chi connectivity index (χ4n) is 3.91. The van der Waals surface area contributed by atoms with E-state index in [9.17, 15) is 14.7 Å². The van der Waals surface area contributed by atoms with Crippen LogP contribution in [0.2, 0.25) is 0 Å². The molecule has 1 N–H and O–H groups in total. The third kappa shape index (κ3) is 3.59. The minimum Gasteiger partial charge on any atom is -0.507 e. The lowest BCUT2D eigenvalue weighted by atomic mass is 9.94. The number of carbonyl (C=O) groups excluding carboxylic acids is 2. The normalized spacial score (nSPS) is 17.7. The van der Waals surface area contributed by atoms with E-state index in [1.807, 2.05) is 49.4 Å². The van der Waals surface area contributed by atoms with Crippen LogP contribution in [0.25, 0.3) is 5.76 Å². The molecule has 31 heavy (non-hydrogen) atoms. The van der Waals surface area contributed by atoms with Gasteiger partial charge in [-0.3, -0.25) is 14.5 Å². The summed E-state index contributed by atoms with van der Waals surface area (Å²) in [6.07, 6.45) is 0.864. The van der Waals surface area contributed by atoms with Crippen molar-refractivity contribution >= 4 is 23.1 Å². The van der Waals surface area contributed by atoms with Crippen molar-refractivity contribution in [2.24, 2.45) is 0 Å². The molecule has 1 atom stereocenters. The van der Waals surface area contributed by atoms with Gasteiger partial charge in [-0.2, -0.15) is 0 Å². The number of aliphatic hydroxyl groups excluding tert-OH is 1. The summed E-state index contributed by atoms with van der Waals surface area (Å²) in [5.41, 5.74) is 2.87. The molecule has 0 bridgehead atoms. The van der Waals surface area contributed by atoms with E-state index in [1.165, 1.54) is 12.0 Å². The molecule has 1 aliphatic heterocycles. The maximum Gasteiger partial charge on any atom is 0.300 e. The number of methoxy groups -OCH3 is 1. The number of carbonyl (C=O) groups is 2. The van der Waals surface area contributed by atoms with Crippen LogP contribution in [0.15, 0.2) is 84.4 Å². The standard InChI is InChI=1S/C26H23NO4/c1-3-17-13-15-19(16-14-17)24(28)22-23(18-9-5-4-6-10-18)27(26(30)25(22)29)20-11-7-8-12-21(20)31-2/h4-16,23,28H,3H2,1-2H3/b24-22+. The first-order valence-electron chi connectivity index (χ1n) is 10.1. The number of aryl methyl sites for hydroxylation is 1. The van der Waals surface area contributed by atoms with Gasteiger partial charge in [0.25, 0.3) is 11.7 Å². The Balaban J connectivity index is 1.94. The molecule has 1 unspecified atom stereocenters. The molecule has 0 spiro atoms. The summed E-state index contributed by atoms with van der Waals surface area (Å²) in [7, 11) is 1.52. The highest BCUT2D eigenvalue weighted by Gasteiger charge is 2.47. The summed E-state index contributed by atoms with van der Waals surface area (Å²) in [5, 5.41) is 11.1. The van der Waals surface area contributed by atoms with E-state index < -0.39 is 17.7 Å². The summed E-state index contributed by atoms with van der Waals surface area (Å²) in [5.74, 6) is -1.15. The molecule has 0 aliphatic carbocycles. The average Bonchev–Trinajstić information content (AvgIpc) is 3.09. The highest BCUT2D eigenvalue weighted by Crippen LogP contribution is 2.44. The van der Waals surface area contributed by atoms with Gasteiger partial charge in [-0.05, 0) is 29.7 Å². The maximum atomic E-state index is 13.2. The van der Waals surface area contributed by atoms with Gasteiger partial charge >= 0.3 is 0 Å². The van der Waals surface area contributed by atoms with Crippen molar-refractivity contribution in [3.63, 3.8) is 0 Å². The van der Waals surface area contributed by atoms with Gasteiger partial charge in [0, 0.05) is 5.56 Å². The predicted molar refractivity (Wildman–Crippen MR) is 120 cm³/mol. The Labute approximate surface area is 181 Å². The number of Topliss-reactive ketones (excluding diaryl/α,β-unsaturated/α-hetero) is 1. The zero-order valence-electron chi connectivity index (χ0n) is 17.4. The Morgan fingerprint density at radius 3 is 2.23 bits per heavy atom. The molecule has 5 nitrogen and oxygen atoms in total. The molecule has 156 valence electrons. The Kier molecular flexibility index (Phi) is 5.58. The van der Waals surface area contributed by atoms with Gasteiger partial charge in [0.15, 0.2) is 0 Å². The topological polar surface area (TPSA) is 66.8 Å². The summed E-state index contributed by atoms with van der Waals surface area (Å²) in [6, 6.07) is 22.8. The van der Waals surface area contributed by atoms with Crippen LogP contribution in [-0.2, 0) is 16.0 Å². The number of ketones is 1. The van der Waals surface area contributed by atoms with Gasteiger partial charge in [-0.25, -0.2) is 0 Å². The first-order chi connectivity index (χ1) is 15.1. The van der Waals surface area contributed by atoms with Crippen molar-refractivity contribution in [2.45, 2.75) is 19.4 Å². The zero-order valence-corrected chi connectivity index (χ0v) is 17.4. The second kappa shape index (κ2) is 8.48. The zero-order chi connectivity index (χ0) is 22.0. The molecule has 3 aromatic carbocycles. The lowest BCUT2D eigenvalue weighted by molar-refractivity contribution is -0.132. The molecule has 1 aliphatic rings. The molecule has 5 heteroatoms.